The van der Waals surface area contributed by atoms with Crippen LogP contribution in [0.1, 0.15) is 0 Å². The average Bonchev–Trinajstić information content (AvgIpc) is 3.01. The van der Waals surface area contributed by atoms with E-state index in [1.807, 2.05) is 37.2 Å². The Morgan fingerprint density at radius 1 is 1.12 bits per heavy atom. The lowest BCUT2D eigenvalue weighted by Gasteiger charge is -2.44. The summed E-state index contributed by atoms with van der Waals surface area (Å²) in [5.41, 5.74) is 0.755. The van der Waals surface area contributed by atoms with Gasteiger partial charge >= 0.3 is 0 Å². The molecule has 0 atom stereocenters. The van der Waals surface area contributed by atoms with Gasteiger partial charge in [-0.15, -0.1) is 15.3 Å². The zero-order chi connectivity index (χ0) is 16.7. The van der Waals surface area contributed by atoms with Crippen molar-refractivity contribution < 1.29 is 0 Å². The van der Waals surface area contributed by atoms with Crippen molar-refractivity contribution in [2.24, 2.45) is 0 Å². The standard InChI is InChI=1S/C15H19N9/c1-21(2)15-16-7-6-12(18-15)22(3)11-8-23(9-11)14-5-4-13-19-17-10-24(13)20-14/h4-7,10-11H,8-9H2,1-3H3. The van der Waals surface area contributed by atoms with E-state index in [1.54, 1.807) is 17.0 Å². The lowest BCUT2D eigenvalue weighted by Crippen LogP contribution is -2.59. The number of hydrogen-bond acceptors (Lipinski definition) is 8. The largest absolute Gasteiger partial charge is 0.353 e. The molecule has 0 unspecified atom stereocenters. The van der Waals surface area contributed by atoms with Crippen LogP contribution in [0.3, 0.4) is 0 Å². The van der Waals surface area contributed by atoms with Gasteiger partial charge in [-0.05, 0) is 18.2 Å². The minimum absolute atomic E-state index is 0.397. The minimum atomic E-state index is 0.397. The first-order chi connectivity index (χ1) is 11.6. The summed E-state index contributed by atoms with van der Waals surface area (Å²) >= 11 is 0. The normalized spacial score (nSPS) is 14.7. The zero-order valence-corrected chi connectivity index (χ0v) is 13.9. The van der Waals surface area contributed by atoms with E-state index in [9.17, 15) is 0 Å². The Morgan fingerprint density at radius 3 is 2.75 bits per heavy atom. The fourth-order valence-corrected chi connectivity index (χ4v) is 2.71. The number of likely N-dealkylation sites (N-methyl/N-ethyl adjacent to an activating group) is 1. The second-order valence-corrected chi connectivity index (χ2v) is 6.10. The van der Waals surface area contributed by atoms with Gasteiger partial charge in [0.25, 0.3) is 0 Å². The molecule has 1 fully saturated rings. The number of hydrogen-bond donors (Lipinski definition) is 0. The van der Waals surface area contributed by atoms with Gasteiger partial charge in [0, 0.05) is 40.4 Å². The summed E-state index contributed by atoms with van der Waals surface area (Å²) in [6, 6.07) is 6.25. The highest BCUT2D eigenvalue weighted by atomic mass is 15.4. The van der Waals surface area contributed by atoms with Crippen molar-refractivity contribution in [1.29, 1.82) is 0 Å². The van der Waals surface area contributed by atoms with Gasteiger partial charge in [0.15, 0.2) is 5.65 Å². The summed E-state index contributed by atoms with van der Waals surface area (Å²) in [6.07, 6.45) is 3.41. The maximum atomic E-state index is 4.59. The predicted molar refractivity (Wildman–Crippen MR) is 91.5 cm³/mol. The Bertz CT molecular complexity index is 853. The highest BCUT2D eigenvalue weighted by molar-refractivity contribution is 5.51. The van der Waals surface area contributed by atoms with Crippen LogP contribution in [-0.2, 0) is 0 Å². The fraction of sp³-hybridized carbons (Fsp3) is 0.400. The molecule has 3 aromatic rings. The van der Waals surface area contributed by atoms with E-state index in [1.165, 1.54) is 0 Å². The molecule has 1 aliphatic rings. The lowest BCUT2D eigenvalue weighted by atomic mass is 10.1. The van der Waals surface area contributed by atoms with Crippen LogP contribution in [0.4, 0.5) is 17.6 Å². The zero-order valence-electron chi connectivity index (χ0n) is 13.9. The average molecular weight is 325 g/mol. The smallest absolute Gasteiger partial charge is 0.226 e. The molecule has 0 aliphatic carbocycles. The van der Waals surface area contributed by atoms with Gasteiger partial charge in [-0.2, -0.15) is 9.50 Å². The van der Waals surface area contributed by atoms with Gasteiger partial charge in [0.1, 0.15) is 18.0 Å². The van der Waals surface area contributed by atoms with Gasteiger partial charge < -0.3 is 14.7 Å². The molecule has 0 radical (unpaired) electrons. The van der Waals surface area contributed by atoms with Crippen LogP contribution in [0.25, 0.3) is 5.65 Å². The fourth-order valence-electron chi connectivity index (χ4n) is 2.71. The third-order valence-corrected chi connectivity index (χ3v) is 4.27. The summed E-state index contributed by atoms with van der Waals surface area (Å²) in [7, 11) is 5.95. The van der Waals surface area contributed by atoms with Crippen molar-refractivity contribution in [3.63, 3.8) is 0 Å². The Labute approximate surface area is 139 Å². The molecule has 0 N–H and O–H groups in total. The molecular weight excluding hydrogens is 306 g/mol. The third-order valence-electron chi connectivity index (χ3n) is 4.27. The Kier molecular flexibility index (Phi) is 3.40. The van der Waals surface area contributed by atoms with Crippen LogP contribution in [0, 0.1) is 0 Å². The van der Waals surface area contributed by atoms with Crippen LogP contribution >= 0.6 is 0 Å². The molecule has 24 heavy (non-hydrogen) atoms. The topological polar surface area (TPSA) is 78.6 Å². The molecule has 4 rings (SSSR count). The first-order valence-corrected chi connectivity index (χ1v) is 7.77. The third kappa shape index (κ3) is 2.47. The van der Waals surface area contributed by atoms with Gasteiger partial charge in [-0.1, -0.05) is 0 Å². The van der Waals surface area contributed by atoms with E-state index in [0.717, 1.165) is 36.3 Å². The van der Waals surface area contributed by atoms with E-state index in [0.29, 0.717) is 6.04 Å². The molecule has 9 nitrogen and oxygen atoms in total. The number of anilines is 3. The van der Waals surface area contributed by atoms with E-state index in [2.05, 4.69) is 42.1 Å². The minimum Gasteiger partial charge on any atom is -0.353 e. The molecular formula is C15H19N9. The molecule has 9 heteroatoms. The van der Waals surface area contributed by atoms with E-state index < -0.39 is 0 Å². The van der Waals surface area contributed by atoms with E-state index >= 15 is 0 Å². The maximum absolute atomic E-state index is 4.59. The molecule has 0 amide bonds. The summed E-state index contributed by atoms with van der Waals surface area (Å²) in [4.78, 5) is 15.2. The first kappa shape index (κ1) is 14.6. The van der Waals surface area contributed by atoms with Crippen molar-refractivity contribution in [1.82, 2.24) is 29.8 Å². The van der Waals surface area contributed by atoms with Gasteiger partial charge in [0.05, 0.1) is 6.04 Å². The second kappa shape index (κ2) is 5.59. The van der Waals surface area contributed by atoms with Crippen LogP contribution in [0.15, 0.2) is 30.7 Å². The number of aromatic nitrogens is 6. The molecule has 4 heterocycles. The van der Waals surface area contributed by atoms with Gasteiger partial charge in [0.2, 0.25) is 5.95 Å². The van der Waals surface area contributed by atoms with E-state index in [-0.39, 0.29) is 0 Å². The highest BCUT2D eigenvalue weighted by Gasteiger charge is 2.32. The molecule has 0 spiro atoms. The Hall–Kier alpha value is -2.97. The van der Waals surface area contributed by atoms with Crippen LogP contribution in [0.2, 0.25) is 0 Å². The van der Waals surface area contributed by atoms with E-state index in [4.69, 9.17) is 0 Å². The molecule has 1 aliphatic heterocycles. The number of nitrogens with zero attached hydrogens (tertiary/aromatic N) is 9. The molecule has 124 valence electrons. The summed E-state index contributed by atoms with van der Waals surface area (Å²) in [6.45, 7) is 1.80. The van der Waals surface area contributed by atoms with Gasteiger partial charge in [-0.3, -0.25) is 0 Å². The lowest BCUT2D eigenvalue weighted by molar-refractivity contribution is 0.487. The second-order valence-electron chi connectivity index (χ2n) is 6.10. The Morgan fingerprint density at radius 2 is 1.96 bits per heavy atom. The molecule has 3 aromatic heterocycles. The van der Waals surface area contributed by atoms with Crippen molar-refractivity contribution in [3.05, 3.63) is 30.7 Å². The summed E-state index contributed by atoms with van der Waals surface area (Å²) < 4.78 is 1.69. The monoisotopic (exact) mass is 325 g/mol. The van der Waals surface area contributed by atoms with Crippen LogP contribution in [-0.4, -0.2) is 70.1 Å². The maximum Gasteiger partial charge on any atom is 0.226 e. The number of fused-ring (bicyclic) bond motifs is 1. The highest BCUT2D eigenvalue weighted by Crippen LogP contribution is 2.24. The first-order valence-electron chi connectivity index (χ1n) is 7.77. The van der Waals surface area contributed by atoms with Crippen LogP contribution < -0.4 is 14.7 Å². The van der Waals surface area contributed by atoms with Crippen molar-refractivity contribution in [2.75, 3.05) is 48.9 Å². The molecule has 0 bridgehead atoms. The molecule has 0 aromatic carbocycles. The Balaban J connectivity index is 1.45. The SMILES string of the molecule is CN(C)c1nccc(N(C)C2CN(c3ccc4nncn4n3)C2)n1. The quantitative estimate of drug-likeness (QED) is 0.678. The van der Waals surface area contributed by atoms with Gasteiger partial charge in [-0.25, -0.2) is 4.98 Å². The molecule has 1 saturated heterocycles. The summed E-state index contributed by atoms with van der Waals surface area (Å²) in [5.74, 6) is 2.58. The predicted octanol–water partition coefficient (Wildman–Crippen LogP) is 0.305. The van der Waals surface area contributed by atoms with Crippen molar-refractivity contribution in [2.45, 2.75) is 6.04 Å². The molecule has 0 saturated carbocycles. The van der Waals surface area contributed by atoms with Crippen LogP contribution in [0.5, 0.6) is 0 Å². The van der Waals surface area contributed by atoms with Crippen molar-refractivity contribution in [3.8, 4) is 0 Å². The number of rotatable bonds is 4. The summed E-state index contributed by atoms with van der Waals surface area (Å²) in [5, 5.41) is 12.4. The van der Waals surface area contributed by atoms with Crippen molar-refractivity contribution >= 4 is 23.2 Å².